The molecule has 0 spiro atoms. The number of amides is 1. The van der Waals surface area contributed by atoms with Gasteiger partial charge in [-0.1, -0.05) is 30.3 Å². The van der Waals surface area contributed by atoms with Crippen LogP contribution >= 0.6 is 0 Å². The Morgan fingerprint density at radius 3 is 2.50 bits per heavy atom. The maximum Gasteiger partial charge on any atom is 0.254 e. The van der Waals surface area contributed by atoms with Crippen LogP contribution < -0.4 is 4.74 Å². The summed E-state index contributed by atoms with van der Waals surface area (Å²) in [5.41, 5.74) is 3.06. The number of methoxy groups -OCH3 is 2. The van der Waals surface area contributed by atoms with Crippen molar-refractivity contribution in [3.8, 4) is 5.75 Å². The summed E-state index contributed by atoms with van der Waals surface area (Å²) in [6, 6.07) is 15.9. The second-order valence-electron chi connectivity index (χ2n) is 6.94. The van der Waals surface area contributed by atoms with Crippen LogP contribution in [-0.4, -0.2) is 44.2 Å². The van der Waals surface area contributed by atoms with E-state index in [1.54, 1.807) is 14.2 Å². The molecular formula is C22H27NO3. The Morgan fingerprint density at radius 1 is 1.12 bits per heavy atom. The second kappa shape index (κ2) is 8.37. The molecule has 1 fully saturated rings. The molecule has 3 rings (SSSR count). The van der Waals surface area contributed by atoms with Gasteiger partial charge in [0.05, 0.1) is 13.2 Å². The first-order valence-electron chi connectivity index (χ1n) is 9.13. The van der Waals surface area contributed by atoms with E-state index in [9.17, 15) is 4.79 Å². The molecule has 2 aromatic rings. The number of ether oxygens (including phenoxy) is 2. The minimum Gasteiger partial charge on any atom is -0.497 e. The fraction of sp³-hybridized carbons (Fsp3) is 0.409. The molecule has 0 aliphatic carbocycles. The molecule has 1 heterocycles. The molecule has 0 radical (unpaired) electrons. The topological polar surface area (TPSA) is 38.8 Å². The largest absolute Gasteiger partial charge is 0.497 e. The first-order chi connectivity index (χ1) is 12.6. The Labute approximate surface area is 155 Å². The van der Waals surface area contributed by atoms with Crippen LogP contribution in [0.2, 0.25) is 0 Å². The monoisotopic (exact) mass is 353 g/mol. The van der Waals surface area contributed by atoms with Crippen molar-refractivity contribution in [2.24, 2.45) is 5.92 Å². The molecule has 4 nitrogen and oxygen atoms in total. The van der Waals surface area contributed by atoms with Crippen molar-refractivity contribution >= 4 is 5.91 Å². The van der Waals surface area contributed by atoms with Gasteiger partial charge >= 0.3 is 0 Å². The summed E-state index contributed by atoms with van der Waals surface area (Å²) >= 11 is 0. The number of piperidine rings is 1. The summed E-state index contributed by atoms with van der Waals surface area (Å²) in [6.45, 7) is 3.45. The quantitative estimate of drug-likeness (QED) is 0.822. The molecule has 1 saturated heterocycles. The highest BCUT2D eigenvalue weighted by Gasteiger charge is 2.32. The van der Waals surface area contributed by atoms with Crippen LogP contribution in [0.5, 0.6) is 5.75 Å². The minimum atomic E-state index is 0.123. The first-order valence-corrected chi connectivity index (χ1v) is 9.13. The minimum absolute atomic E-state index is 0.123. The van der Waals surface area contributed by atoms with Gasteiger partial charge in [0.25, 0.3) is 5.91 Å². The SMILES string of the molecule is COc1ccc(C[C@@H]2CN(C(=O)c3ccccc3C)CC[C@@H]2OC)cc1. The zero-order valence-electron chi connectivity index (χ0n) is 15.8. The molecule has 0 aromatic heterocycles. The smallest absolute Gasteiger partial charge is 0.254 e. The predicted octanol–water partition coefficient (Wildman–Crippen LogP) is 3.72. The van der Waals surface area contributed by atoms with E-state index in [1.165, 1.54) is 5.56 Å². The number of likely N-dealkylation sites (tertiary alicyclic amines) is 1. The highest BCUT2D eigenvalue weighted by Crippen LogP contribution is 2.26. The molecule has 26 heavy (non-hydrogen) atoms. The Balaban J connectivity index is 1.73. The third-order valence-corrected chi connectivity index (χ3v) is 5.29. The number of aryl methyl sites for hydroxylation is 1. The average Bonchev–Trinajstić information content (AvgIpc) is 2.68. The van der Waals surface area contributed by atoms with Crippen LogP contribution in [0.4, 0.5) is 0 Å². The normalized spacial score (nSPS) is 20.0. The number of benzene rings is 2. The average molecular weight is 353 g/mol. The van der Waals surface area contributed by atoms with Crippen LogP contribution in [0.1, 0.15) is 27.9 Å². The Hall–Kier alpha value is -2.33. The highest BCUT2D eigenvalue weighted by molar-refractivity contribution is 5.95. The number of rotatable bonds is 5. The third-order valence-electron chi connectivity index (χ3n) is 5.29. The predicted molar refractivity (Wildman–Crippen MR) is 103 cm³/mol. The Bertz CT molecular complexity index is 741. The third kappa shape index (κ3) is 4.07. The number of carbonyl (C=O) groups excluding carboxylic acids is 1. The van der Waals surface area contributed by atoms with E-state index in [1.807, 2.05) is 48.2 Å². The highest BCUT2D eigenvalue weighted by atomic mass is 16.5. The van der Waals surface area contributed by atoms with Gasteiger partial charge in [-0.25, -0.2) is 0 Å². The zero-order valence-corrected chi connectivity index (χ0v) is 15.8. The lowest BCUT2D eigenvalue weighted by atomic mass is 9.88. The van der Waals surface area contributed by atoms with Crippen molar-refractivity contribution in [3.05, 3.63) is 65.2 Å². The van der Waals surface area contributed by atoms with E-state index >= 15 is 0 Å². The van der Waals surface area contributed by atoms with Crippen LogP contribution in [0.25, 0.3) is 0 Å². The molecule has 0 bridgehead atoms. The Kier molecular flexibility index (Phi) is 5.94. The maximum absolute atomic E-state index is 13.0. The second-order valence-corrected chi connectivity index (χ2v) is 6.94. The standard InChI is InChI=1S/C22H27NO3/c1-16-6-4-5-7-20(16)22(24)23-13-12-21(26-3)18(15-23)14-17-8-10-19(25-2)11-9-17/h4-11,18,21H,12-15H2,1-3H3/t18-,21+/m1/s1. The van der Waals surface area contributed by atoms with Crippen molar-refractivity contribution in [1.82, 2.24) is 4.90 Å². The summed E-state index contributed by atoms with van der Waals surface area (Å²) in [6.07, 6.45) is 1.94. The van der Waals surface area contributed by atoms with Crippen molar-refractivity contribution in [3.63, 3.8) is 0 Å². The van der Waals surface area contributed by atoms with Gasteiger partial charge in [-0.2, -0.15) is 0 Å². The molecule has 1 aliphatic rings. The van der Waals surface area contributed by atoms with Crippen LogP contribution in [-0.2, 0) is 11.2 Å². The zero-order chi connectivity index (χ0) is 18.5. The molecule has 1 aliphatic heterocycles. The summed E-state index contributed by atoms with van der Waals surface area (Å²) < 4.78 is 10.9. The van der Waals surface area contributed by atoms with Crippen molar-refractivity contribution in [2.45, 2.75) is 25.9 Å². The lowest BCUT2D eigenvalue weighted by Gasteiger charge is -2.38. The molecule has 0 saturated carbocycles. The van der Waals surface area contributed by atoms with Gasteiger partial charge in [0, 0.05) is 31.7 Å². The van der Waals surface area contributed by atoms with Crippen molar-refractivity contribution < 1.29 is 14.3 Å². The summed E-state index contributed by atoms with van der Waals surface area (Å²) in [5.74, 6) is 1.27. The maximum atomic E-state index is 13.0. The summed E-state index contributed by atoms with van der Waals surface area (Å²) in [4.78, 5) is 14.9. The molecule has 2 aromatic carbocycles. The lowest BCUT2D eigenvalue weighted by Crippen LogP contribution is -2.47. The van der Waals surface area contributed by atoms with Gasteiger partial charge in [-0.15, -0.1) is 0 Å². The van der Waals surface area contributed by atoms with Gasteiger partial charge < -0.3 is 14.4 Å². The van der Waals surface area contributed by atoms with E-state index in [0.717, 1.165) is 42.8 Å². The van der Waals surface area contributed by atoms with E-state index in [-0.39, 0.29) is 17.9 Å². The van der Waals surface area contributed by atoms with Gasteiger partial charge in [0.1, 0.15) is 5.75 Å². The molecular weight excluding hydrogens is 326 g/mol. The summed E-state index contributed by atoms with van der Waals surface area (Å²) in [7, 11) is 3.44. The van der Waals surface area contributed by atoms with E-state index in [2.05, 4.69) is 12.1 Å². The molecule has 4 heteroatoms. The van der Waals surface area contributed by atoms with E-state index in [4.69, 9.17) is 9.47 Å². The fourth-order valence-corrected chi connectivity index (χ4v) is 3.75. The molecule has 2 atom stereocenters. The number of nitrogens with zero attached hydrogens (tertiary/aromatic N) is 1. The Morgan fingerprint density at radius 2 is 1.85 bits per heavy atom. The van der Waals surface area contributed by atoms with Crippen molar-refractivity contribution in [1.29, 1.82) is 0 Å². The van der Waals surface area contributed by atoms with Crippen LogP contribution in [0.15, 0.2) is 48.5 Å². The van der Waals surface area contributed by atoms with Crippen LogP contribution in [0, 0.1) is 12.8 Å². The summed E-state index contributed by atoms with van der Waals surface area (Å²) in [5, 5.41) is 0. The fourth-order valence-electron chi connectivity index (χ4n) is 3.75. The van der Waals surface area contributed by atoms with E-state index in [0.29, 0.717) is 0 Å². The van der Waals surface area contributed by atoms with E-state index < -0.39 is 0 Å². The number of hydrogen-bond donors (Lipinski definition) is 0. The number of hydrogen-bond acceptors (Lipinski definition) is 3. The van der Waals surface area contributed by atoms with Crippen molar-refractivity contribution in [2.75, 3.05) is 27.3 Å². The molecule has 1 amide bonds. The lowest BCUT2D eigenvalue weighted by molar-refractivity contribution is -0.00301. The van der Waals surface area contributed by atoms with Gasteiger partial charge in [-0.3, -0.25) is 4.79 Å². The van der Waals surface area contributed by atoms with Gasteiger partial charge in [-0.05, 0) is 49.1 Å². The first kappa shape index (κ1) is 18.5. The van der Waals surface area contributed by atoms with Gasteiger partial charge in [0.15, 0.2) is 0 Å². The van der Waals surface area contributed by atoms with Crippen LogP contribution in [0.3, 0.4) is 0 Å². The number of carbonyl (C=O) groups is 1. The molecule has 0 N–H and O–H groups in total. The molecule has 0 unspecified atom stereocenters. The van der Waals surface area contributed by atoms with Gasteiger partial charge in [0.2, 0.25) is 0 Å². The molecule has 138 valence electrons.